The molecule has 1 aromatic carbocycles. The highest BCUT2D eigenvalue weighted by Crippen LogP contribution is 2.35. The Balaban J connectivity index is 1.51. The van der Waals surface area contributed by atoms with Crippen LogP contribution in [0.5, 0.6) is 0 Å². The number of aliphatic hydroxyl groups is 1. The van der Waals surface area contributed by atoms with E-state index in [9.17, 15) is 9.50 Å². The lowest BCUT2D eigenvalue weighted by molar-refractivity contribution is -0.179. The smallest absolute Gasteiger partial charge is 0.168 e. The molecule has 1 atom stereocenters. The van der Waals surface area contributed by atoms with Crippen molar-refractivity contribution < 1.29 is 19.0 Å². The minimum Gasteiger partial charge on any atom is -0.384 e. The molecule has 1 heterocycles. The number of hydrogen-bond donors (Lipinski definition) is 2. The van der Waals surface area contributed by atoms with Gasteiger partial charge >= 0.3 is 0 Å². The zero-order valence-electron chi connectivity index (χ0n) is 13.0. The standard InChI is InChI=1S/C17H24FNO3/c1-16(20,13-2-4-14(18)5-3-13)12-19-15-6-8-17(9-7-15)21-10-11-22-17/h2-5,15,19-20H,6-12H2,1H3. The highest BCUT2D eigenvalue weighted by atomic mass is 19.1. The fraction of sp³-hybridized carbons (Fsp3) is 0.647. The van der Waals surface area contributed by atoms with Crippen molar-refractivity contribution in [2.75, 3.05) is 19.8 Å². The molecule has 1 saturated carbocycles. The van der Waals surface area contributed by atoms with Gasteiger partial charge in [0.2, 0.25) is 0 Å². The fourth-order valence-electron chi connectivity index (χ4n) is 3.30. The van der Waals surface area contributed by atoms with Crippen LogP contribution in [0.1, 0.15) is 38.2 Å². The molecule has 122 valence electrons. The topological polar surface area (TPSA) is 50.7 Å². The van der Waals surface area contributed by atoms with E-state index < -0.39 is 5.60 Å². The summed E-state index contributed by atoms with van der Waals surface area (Å²) in [6.45, 7) is 3.58. The third-order valence-electron chi connectivity index (χ3n) is 4.76. The van der Waals surface area contributed by atoms with Crippen LogP contribution < -0.4 is 5.32 Å². The van der Waals surface area contributed by atoms with E-state index in [1.54, 1.807) is 19.1 Å². The van der Waals surface area contributed by atoms with Crippen LogP contribution in [0.15, 0.2) is 24.3 Å². The predicted molar refractivity (Wildman–Crippen MR) is 80.9 cm³/mol. The second-order valence-corrected chi connectivity index (χ2v) is 6.54. The third kappa shape index (κ3) is 3.49. The molecule has 2 N–H and O–H groups in total. The quantitative estimate of drug-likeness (QED) is 0.896. The highest BCUT2D eigenvalue weighted by molar-refractivity contribution is 5.22. The van der Waals surface area contributed by atoms with Gasteiger partial charge in [0, 0.05) is 25.4 Å². The van der Waals surface area contributed by atoms with E-state index >= 15 is 0 Å². The van der Waals surface area contributed by atoms with Crippen LogP contribution in [-0.2, 0) is 15.1 Å². The second-order valence-electron chi connectivity index (χ2n) is 6.54. The third-order valence-corrected chi connectivity index (χ3v) is 4.76. The molecule has 0 amide bonds. The van der Waals surface area contributed by atoms with Gasteiger partial charge in [-0.2, -0.15) is 0 Å². The maximum atomic E-state index is 13.0. The van der Waals surface area contributed by atoms with E-state index in [-0.39, 0.29) is 11.6 Å². The average molecular weight is 309 g/mol. The average Bonchev–Trinajstić information content (AvgIpc) is 2.96. The highest BCUT2D eigenvalue weighted by Gasteiger charge is 2.40. The molecule has 1 saturated heterocycles. The molecule has 1 spiro atoms. The van der Waals surface area contributed by atoms with E-state index in [4.69, 9.17) is 9.47 Å². The maximum absolute atomic E-state index is 13.0. The molecule has 2 aliphatic rings. The lowest BCUT2D eigenvalue weighted by atomic mass is 9.89. The lowest BCUT2D eigenvalue weighted by Crippen LogP contribution is -2.46. The van der Waals surface area contributed by atoms with Crippen LogP contribution in [0, 0.1) is 5.82 Å². The summed E-state index contributed by atoms with van der Waals surface area (Å²) in [5.41, 5.74) is -0.292. The Labute approximate surface area is 130 Å². The molecule has 1 aliphatic carbocycles. The van der Waals surface area contributed by atoms with Crippen LogP contribution in [0.4, 0.5) is 4.39 Å². The zero-order valence-corrected chi connectivity index (χ0v) is 13.0. The van der Waals surface area contributed by atoms with E-state index in [1.165, 1.54) is 12.1 Å². The van der Waals surface area contributed by atoms with Crippen molar-refractivity contribution in [1.29, 1.82) is 0 Å². The largest absolute Gasteiger partial charge is 0.384 e. The Morgan fingerprint density at radius 1 is 1.23 bits per heavy atom. The molecule has 5 heteroatoms. The lowest BCUT2D eigenvalue weighted by Gasteiger charge is -2.37. The first kappa shape index (κ1) is 15.9. The van der Waals surface area contributed by atoms with Gasteiger partial charge < -0.3 is 19.9 Å². The Bertz CT molecular complexity index is 487. The number of nitrogens with one attached hydrogen (secondary N) is 1. The summed E-state index contributed by atoms with van der Waals surface area (Å²) in [5.74, 6) is -0.640. The minimum absolute atomic E-state index is 0.290. The second kappa shape index (κ2) is 6.24. The molecular formula is C17H24FNO3. The molecule has 1 aliphatic heterocycles. The van der Waals surface area contributed by atoms with E-state index in [0.29, 0.717) is 25.8 Å². The SMILES string of the molecule is CC(O)(CNC1CCC2(CC1)OCCO2)c1ccc(F)cc1. The molecular weight excluding hydrogens is 285 g/mol. The Kier molecular flexibility index (Phi) is 4.50. The molecule has 22 heavy (non-hydrogen) atoms. The Morgan fingerprint density at radius 3 is 2.41 bits per heavy atom. The molecule has 4 nitrogen and oxygen atoms in total. The monoisotopic (exact) mass is 309 g/mol. The van der Waals surface area contributed by atoms with Crippen molar-refractivity contribution in [2.45, 2.75) is 50.0 Å². The molecule has 0 radical (unpaired) electrons. The van der Waals surface area contributed by atoms with Gasteiger partial charge in [-0.15, -0.1) is 0 Å². The number of benzene rings is 1. The number of rotatable bonds is 4. The van der Waals surface area contributed by atoms with Crippen molar-refractivity contribution in [3.05, 3.63) is 35.6 Å². The van der Waals surface area contributed by atoms with E-state index in [2.05, 4.69) is 5.32 Å². The van der Waals surface area contributed by atoms with Crippen LogP contribution in [-0.4, -0.2) is 36.7 Å². The molecule has 1 aromatic rings. The van der Waals surface area contributed by atoms with Gasteiger partial charge in [-0.05, 0) is 37.5 Å². The minimum atomic E-state index is -1.01. The maximum Gasteiger partial charge on any atom is 0.168 e. The van der Waals surface area contributed by atoms with Gasteiger partial charge in [-0.25, -0.2) is 4.39 Å². The van der Waals surface area contributed by atoms with Gasteiger partial charge in [0.05, 0.1) is 18.8 Å². The predicted octanol–water partition coefficient (Wildman–Crippen LogP) is 2.31. The van der Waals surface area contributed by atoms with E-state index in [0.717, 1.165) is 31.2 Å². The van der Waals surface area contributed by atoms with Crippen molar-refractivity contribution in [2.24, 2.45) is 0 Å². The first-order chi connectivity index (χ1) is 10.5. The van der Waals surface area contributed by atoms with Gasteiger partial charge in [-0.1, -0.05) is 12.1 Å². The number of hydrogen-bond acceptors (Lipinski definition) is 4. The van der Waals surface area contributed by atoms with Crippen molar-refractivity contribution in [3.63, 3.8) is 0 Å². The molecule has 2 fully saturated rings. The summed E-state index contributed by atoms with van der Waals surface area (Å²) >= 11 is 0. The molecule has 3 rings (SSSR count). The first-order valence-corrected chi connectivity index (χ1v) is 7.99. The fourth-order valence-corrected chi connectivity index (χ4v) is 3.30. The summed E-state index contributed by atoms with van der Waals surface area (Å²) < 4.78 is 24.4. The summed E-state index contributed by atoms with van der Waals surface area (Å²) in [5, 5.41) is 14.0. The van der Waals surface area contributed by atoms with Crippen LogP contribution in [0.3, 0.4) is 0 Å². The summed E-state index contributed by atoms with van der Waals surface area (Å²) in [4.78, 5) is 0. The number of ether oxygens (including phenoxy) is 2. The number of halogens is 1. The summed E-state index contributed by atoms with van der Waals surface area (Å²) in [6, 6.07) is 6.37. The Morgan fingerprint density at radius 2 is 1.82 bits per heavy atom. The van der Waals surface area contributed by atoms with Gasteiger partial charge in [0.1, 0.15) is 5.82 Å². The molecule has 1 unspecified atom stereocenters. The summed E-state index contributed by atoms with van der Waals surface area (Å²) in [7, 11) is 0. The van der Waals surface area contributed by atoms with Gasteiger partial charge in [0.15, 0.2) is 5.79 Å². The van der Waals surface area contributed by atoms with Crippen LogP contribution >= 0.6 is 0 Å². The first-order valence-electron chi connectivity index (χ1n) is 7.99. The van der Waals surface area contributed by atoms with Crippen molar-refractivity contribution >= 4 is 0 Å². The normalized spacial score (nSPS) is 24.5. The van der Waals surface area contributed by atoms with Gasteiger partial charge in [0.25, 0.3) is 0 Å². The van der Waals surface area contributed by atoms with E-state index in [1.807, 2.05) is 0 Å². The Hall–Kier alpha value is -1.01. The molecule has 0 aromatic heterocycles. The van der Waals surface area contributed by atoms with Crippen LogP contribution in [0.25, 0.3) is 0 Å². The van der Waals surface area contributed by atoms with Crippen LogP contribution in [0.2, 0.25) is 0 Å². The zero-order chi connectivity index (χ0) is 15.6. The van der Waals surface area contributed by atoms with Crippen molar-refractivity contribution in [3.8, 4) is 0 Å². The summed E-state index contributed by atoms with van der Waals surface area (Å²) in [6.07, 6.45) is 3.73. The van der Waals surface area contributed by atoms with Crippen molar-refractivity contribution in [1.82, 2.24) is 5.32 Å². The molecule has 0 bridgehead atoms. The van der Waals surface area contributed by atoms with Gasteiger partial charge in [-0.3, -0.25) is 0 Å².